The zero-order chi connectivity index (χ0) is 18.4. The van der Waals surface area contributed by atoms with Gasteiger partial charge in [0.15, 0.2) is 11.6 Å². The molecule has 9 nitrogen and oxygen atoms in total. The van der Waals surface area contributed by atoms with Crippen molar-refractivity contribution >= 4 is 39.5 Å². The van der Waals surface area contributed by atoms with E-state index in [1.54, 1.807) is 36.4 Å². The van der Waals surface area contributed by atoms with Gasteiger partial charge in [-0.05, 0) is 36.4 Å². The molecule has 0 atom stereocenters. The number of nitrogens with one attached hydrogen (secondary N) is 2. The zero-order valence-electron chi connectivity index (χ0n) is 14.3. The van der Waals surface area contributed by atoms with Crippen LogP contribution in [-0.4, -0.2) is 37.4 Å². The van der Waals surface area contributed by atoms with E-state index in [-0.39, 0.29) is 48.6 Å². The number of nitrogens with two attached hydrogens (primary N) is 4. The van der Waals surface area contributed by atoms with Gasteiger partial charge < -0.3 is 9.97 Å². The molecule has 10 N–H and O–H groups in total. The largest absolute Gasteiger partial charge is 0.335 e. The maximum absolute atomic E-state index is 12.7. The van der Waals surface area contributed by atoms with E-state index >= 15 is 0 Å². The van der Waals surface area contributed by atoms with Crippen molar-refractivity contribution in [2.45, 2.75) is 0 Å². The minimum absolute atomic E-state index is 0. The molecule has 0 amide bonds. The van der Waals surface area contributed by atoms with Gasteiger partial charge in [0.05, 0.1) is 33.2 Å². The molecule has 0 saturated carbocycles. The third-order valence-electron chi connectivity index (χ3n) is 4.06. The van der Waals surface area contributed by atoms with E-state index in [0.29, 0.717) is 33.2 Å². The van der Waals surface area contributed by atoms with Crippen molar-refractivity contribution in [3.8, 4) is 0 Å². The summed E-state index contributed by atoms with van der Waals surface area (Å²) >= 11 is 0. The van der Waals surface area contributed by atoms with Crippen LogP contribution in [0.1, 0.15) is 27.6 Å². The van der Waals surface area contributed by atoms with Gasteiger partial charge in [0.1, 0.15) is 0 Å². The fraction of sp³-hybridized carbons (Fsp3) is 0. The molecule has 0 fully saturated rings. The second-order valence-electron chi connectivity index (χ2n) is 5.87. The summed E-state index contributed by atoms with van der Waals surface area (Å²) in [7, 11) is 0. The Morgan fingerprint density at radius 3 is 1.59 bits per heavy atom. The molecule has 0 bridgehead atoms. The molecule has 10 heteroatoms. The molecule has 0 saturated heterocycles. The summed E-state index contributed by atoms with van der Waals surface area (Å²) in [6.45, 7) is 0. The SMILES string of the molecule is NC(=[NH2+])c1ccc2nc(C(=O)c3nc4ccc(C(N)=[NH2+])cc4[nH]3)[nH]c2c1.[Zn]. The number of benzene rings is 2. The maximum atomic E-state index is 12.7. The third-order valence-corrected chi connectivity index (χ3v) is 4.06. The smallest absolute Gasteiger partial charge is 0.270 e. The van der Waals surface area contributed by atoms with Gasteiger partial charge in [-0.2, -0.15) is 0 Å². The van der Waals surface area contributed by atoms with Crippen molar-refractivity contribution in [1.29, 1.82) is 0 Å². The molecule has 0 radical (unpaired) electrons. The van der Waals surface area contributed by atoms with Crippen LogP contribution in [-0.2, 0) is 19.5 Å². The number of carbonyl (C=O) groups is 1. The number of nitrogens with zero attached hydrogens (tertiary/aromatic N) is 2. The number of hydrogen-bond acceptors (Lipinski definition) is 3. The average molecular weight is 414 g/mol. The molecule has 0 aliphatic carbocycles. The first-order valence-electron chi connectivity index (χ1n) is 7.73. The molecule has 130 valence electrons. The first-order valence-corrected chi connectivity index (χ1v) is 7.73. The number of ketones is 1. The Morgan fingerprint density at radius 1 is 0.815 bits per heavy atom. The Morgan fingerprint density at radius 2 is 1.22 bits per heavy atom. The van der Waals surface area contributed by atoms with Gasteiger partial charge in [0, 0.05) is 19.5 Å². The number of amidine groups is 2. The third kappa shape index (κ3) is 3.22. The van der Waals surface area contributed by atoms with Gasteiger partial charge in [-0.15, -0.1) is 0 Å². The predicted octanol–water partition coefficient (Wildman–Crippen LogP) is -2.40. The summed E-state index contributed by atoms with van der Waals surface area (Å²) in [6.07, 6.45) is 0. The number of H-pyrrole nitrogens is 2. The quantitative estimate of drug-likeness (QED) is 0.0943. The Labute approximate surface area is 165 Å². The summed E-state index contributed by atoms with van der Waals surface area (Å²) < 4.78 is 0. The van der Waals surface area contributed by atoms with E-state index in [4.69, 9.17) is 22.3 Å². The molecule has 0 aliphatic heterocycles. The van der Waals surface area contributed by atoms with Crippen LogP contribution in [0.3, 0.4) is 0 Å². The van der Waals surface area contributed by atoms with Crippen LogP contribution in [0.5, 0.6) is 0 Å². The van der Waals surface area contributed by atoms with Gasteiger partial charge in [0.25, 0.3) is 17.5 Å². The number of fused-ring (bicyclic) bond motifs is 2. The van der Waals surface area contributed by atoms with Crippen LogP contribution in [0, 0.1) is 0 Å². The number of aromatic amines is 2. The van der Waals surface area contributed by atoms with Crippen LogP contribution in [0.4, 0.5) is 0 Å². The molecule has 0 unspecified atom stereocenters. The van der Waals surface area contributed by atoms with Gasteiger partial charge >= 0.3 is 0 Å². The van der Waals surface area contributed by atoms with Gasteiger partial charge in [-0.3, -0.25) is 27.1 Å². The van der Waals surface area contributed by atoms with Crippen LogP contribution in [0.25, 0.3) is 22.1 Å². The molecular formula is C17H16N8OZn+2. The molecule has 4 aromatic rings. The van der Waals surface area contributed by atoms with Crippen LogP contribution in [0.2, 0.25) is 0 Å². The number of imidazole rings is 2. The molecule has 2 aromatic carbocycles. The number of carbonyl (C=O) groups excluding carboxylic acids is 1. The molecule has 0 spiro atoms. The van der Waals surface area contributed by atoms with Crippen LogP contribution in [0.15, 0.2) is 36.4 Å². The number of rotatable bonds is 4. The molecule has 27 heavy (non-hydrogen) atoms. The topological polar surface area (TPSA) is 178 Å². The minimum atomic E-state index is -0.366. The van der Waals surface area contributed by atoms with E-state index in [1.807, 2.05) is 0 Å². The fourth-order valence-electron chi connectivity index (χ4n) is 2.71. The normalized spacial score (nSPS) is 10.7. The van der Waals surface area contributed by atoms with E-state index in [0.717, 1.165) is 0 Å². The van der Waals surface area contributed by atoms with Crippen molar-refractivity contribution in [3.05, 3.63) is 59.2 Å². The van der Waals surface area contributed by atoms with Gasteiger partial charge in [0.2, 0.25) is 0 Å². The molecular weight excluding hydrogens is 398 g/mol. The first-order chi connectivity index (χ1) is 12.4. The summed E-state index contributed by atoms with van der Waals surface area (Å²) in [5.41, 5.74) is 15.1. The second-order valence-corrected chi connectivity index (χ2v) is 5.87. The van der Waals surface area contributed by atoms with Crippen molar-refractivity contribution in [1.82, 2.24) is 19.9 Å². The Hall–Kier alpha value is -3.39. The summed E-state index contributed by atoms with van der Waals surface area (Å²) in [5.74, 6) is 0.348. The van der Waals surface area contributed by atoms with Crippen molar-refractivity contribution in [3.63, 3.8) is 0 Å². The number of hydrogen-bond donors (Lipinski definition) is 6. The van der Waals surface area contributed by atoms with E-state index in [9.17, 15) is 4.79 Å². The maximum Gasteiger partial charge on any atom is 0.270 e. The van der Waals surface area contributed by atoms with Crippen molar-refractivity contribution in [2.24, 2.45) is 11.5 Å². The molecule has 2 heterocycles. The molecule has 0 aliphatic rings. The Balaban J connectivity index is 0.00000210. The van der Waals surface area contributed by atoms with E-state index in [1.165, 1.54) is 0 Å². The van der Waals surface area contributed by atoms with Gasteiger partial charge in [-0.1, -0.05) is 0 Å². The van der Waals surface area contributed by atoms with Gasteiger partial charge in [-0.25, -0.2) is 9.97 Å². The summed E-state index contributed by atoms with van der Waals surface area (Å²) in [6, 6.07) is 10.4. The van der Waals surface area contributed by atoms with E-state index < -0.39 is 0 Å². The standard InChI is InChI=1S/C17H14N8O.Zn/c18-14(19)7-1-3-9-11(5-7)24-16(22-9)13(26)17-23-10-4-2-8(15(20)21)6-12(10)25-17;/h1-6H,(H3,18,19)(H3,20,21)(H,22,24)(H,23,25);/p+2. The predicted molar refractivity (Wildman–Crippen MR) is 96.1 cm³/mol. The summed E-state index contributed by atoms with van der Waals surface area (Å²) in [5, 5.41) is 11.2. The summed E-state index contributed by atoms with van der Waals surface area (Å²) in [4.78, 5) is 27.3. The van der Waals surface area contributed by atoms with Crippen LogP contribution < -0.4 is 22.3 Å². The van der Waals surface area contributed by atoms with Crippen molar-refractivity contribution in [2.75, 3.05) is 0 Å². The molecule has 4 rings (SSSR count). The second kappa shape index (κ2) is 6.73. The monoisotopic (exact) mass is 412 g/mol. The molecule has 2 aromatic heterocycles. The number of aromatic nitrogens is 4. The Bertz CT molecular complexity index is 1130. The first kappa shape index (κ1) is 18.4. The van der Waals surface area contributed by atoms with Crippen LogP contribution >= 0.6 is 0 Å². The average Bonchev–Trinajstić information content (AvgIpc) is 3.23. The zero-order valence-corrected chi connectivity index (χ0v) is 17.3. The minimum Gasteiger partial charge on any atom is -0.335 e. The van der Waals surface area contributed by atoms with E-state index in [2.05, 4.69) is 19.9 Å². The Kier molecular flexibility index (Phi) is 4.59. The fourth-order valence-corrected chi connectivity index (χ4v) is 2.71. The van der Waals surface area contributed by atoms with Crippen molar-refractivity contribution < 1.29 is 35.1 Å².